The molecule has 0 aliphatic heterocycles. The number of rotatable bonds is 4. The monoisotopic (exact) mass is 497 g/mol. The van der Waals surface area contributed by atoms with Crippen molar-refractivity contribution in [2.45, 2.75) is 6.92 Å². The fourth-order valence-corrected chi connectivity index (χ4v) is 4.86. The highest BCUT2D eigenvalue weighted by atomic mass is 16.5. The number of carbonyl (C=O) groups excluding carboxylic acids is 2. The maximum absolute atomic E-state index is 11.8. The average molecular weight is 498 g/mol. The molecule has 0 atom stereocenters. The van der Waals surface area contributed by atoms with E-state index in [0.29, 0.717) is 17.2 Å². The molecule has 2 heterocycles. The van der Waals surface area contributed by atoms with Crippen LogP contribution in [0.15, 0.2) is 54.7 Å². The van der Waals surface area contributed by atoms with Crippen LogP contribution in [0, 0.1) is 6.92 Å². The second-order valence-electron chi connectivity index (χ2n) is 8.65. The summed E-state index contributed by atoms with van der Waals surface area (Å²) < 4.78 is 13.2. The SMILES string of the molecule is CNC(=O)Nc1ccc(-c2nccc3c(C)c4c(cc23)c2cc(OC(=O)NC)ccc2n4C)c(OC)c1. The third-order valence-corrected chi connectivity index (χ3v) is 6.60. The Kier molecular flexibility index (Phi) is 6.04. The molecule has 37 heavy (non-hydrogen) atoms. The van der Waals surface area contributed by atoms with Gasteiger partial charge in [-0.05, 0) is 60.3 Å². The van der Waals surface area contributed by atoms with Gasteiger partial charge in [-0.3, -0.25) is 4.98 Å². The third-order valence-electron chi connectivity index (χ3n) is 6.60. The number of nitrogens with one attached hydrogen (secondary N) is 3. The van der Waals surface area contributed by atoms with E-state index < -0.39 is 6.09 Å². The van der Waals surface area contributed by atoms with Gasteiger partial charge in [0.2, 0.25) is 0 Å². The molecule has 3 N–H and O–H groups in total. The Balaban J connectivity index is 1.75. The molecule has 0 spiro atoms. The van der Waals surface area contributed by atoms with Crippen molar-refractivity contribution in [1.29, 1.82) is 0 Å². The van der Waals surface area contributed by atoms with Crippen LogP contribution in [0.25, 0.3) is 43.8 Å². The van der Waals surface area contributed by atoms with Gasteiger partial charge in [0.1, 0.15) is 11.5 Å². The Morgan fingerprint density at radius 3 is 2.46 bits per heavy atom. The molecular formula is C28H27N5O4. The van der Waals surface area contributed by atoms with Crippen LogP contribution in [0.5, 0.6) is 11.5 Å². The summed E-state index contributed by atoms with van der Waals surface area (Å²) in [7, 11) is 6.71. The second-order valence-corrected chi connectivity index (χ2v) is 8.65. The first-order valence-electron chi connectivity index (χ1n) is 11.7. The van der Waals surface area contributed by atoms with Crippen molar-refractivity contribution in [3.8, 4) is 22.8 Å². The molecule has 188 valence electrons. The van der Waals surface area contributed by atoms with Crippen LogP contribution in [-0.4, -0.2) is 42.9 Å². The zero-order chi connectivity index (χ0) is 26.3. The summed E-state index contributed by atoms with van der Waals surface area (Å²) >= 11 is 0. The minimum Gasteiger partial charge on any atom is -0.496 e. The number of urea groups is 1. The third kappa shape index (κ3) is 4.04. The summed E-state index contributed by atoms with van der Waals surface area (Å²) in [6, 6.07) is 14.9. The molecular weight excluding hydrogens is 470 g/mol. The van der Waals surface area contributed by atoms with E-state index in [4.69, 9.17) is 14.5 Å². The highest BCUT2D eigenvalue weighted by Gasteiger charge is 2.19. The van der Waals surface area contributed by atoms with E-state index in [-0.39, 0.29) is 6.03 Å². The summed E-state index contributed by atoms with van der Waals surface area (Å²) in [5, 5.41) is 11.8. The molecule has 3 aromatic carbocycles. The molecule has 0 fully saturated rings. The van der Waals surface area contributed by atoms with Gasteiger partial charge < -0.3 is 30.0 Å². The standard InChI is InChI=1S/C28H27N5O4/c1-15-18-10-11-31-25(19-8-6-16(12-24(19)36-5)32-27(34)29-2)21(18)14-22-20-13-17(37-28(35)30-3)7-9-23(20)33(4)26(15)22/h6-14H,1-5H3,(H,30,35)(H2,29,32,34). The van der Waals surface area contributed by atoms with Gasteiger partial charge in [-0.25, -0.2) is 9.59 Å². The van der Waals surface area contributed by atoms with Crippen LogP contribution in [0.1, 0.15) is 5.56 Å². The van der Waals surface area contributed by atoms with Gasteiger partial charge >= 0.3 is 12.1 Å². The van der Waals surface area contributed by atoms with Gasteiger partial charge in [-0.2, -0.15) is 0 Å². The van der Waals surface area contributed by atoms with E-state index in [2.05, 4.69) is 33.5 Å². The van der Waals surface area contributed by atoms with E-state index in [1.165, 1.54) is 7.05 Å². The summed E-state index contributed by atoms with van der Waals surface area (Å²) in [6.45, 7) is 2.10. The fourth-order valence-electron chi connectivity index (χ4n) is 4.86. The van der Waals surface area contributed by atoms with Crippen molar-refractivity contribution < 1.29 is 19.1 Å². The number of carbonyl (C=O) groups is 2. The van der Waals surface area contributed by atoms with Gasteiger partial charge in [-0.1, -0.05) is 0 Å². The number of aromatic nitrogens is 2. The van der Waals surface area contributed by atoms with E-state index in [1.807, 2.05) is 37.4 Å². The Labute approximate surface area is 213 Å². The Morgan fingerprint density at radius 1 is 0.919 bits per heavy atom. The summed E-state index contributed by atoms with van der Waals surface area (Å²) in [5.41, 5.74) is 5.40. The van der Waals surface area contributed by atoms with Crippen molar-refractivity contribution in [3.63, 3.8) is 0 Å². The quantitative estimate of drug-likeness (QED) is 0.311. The minimum atomic E-state index is -0.519. The predicted molar refractivity (Wildman–Crippen MR) is 146 cm³/mol. The number of nitrogens with zero attached hydrogens (tertiary/aromatic N) is 2. The molecule has 5 rings (SSSR count). The van der Waals surface area contributed by atoms with Crippen LogP contribution in [0.3, 0.4) is 0 Å². The van der Waals surface area contributed by atoms with Crippen LogP contribution >= 0.6 is 0 Å². The number of anilines is 1. The Morgan fingerprint density at radius 2 is 1.73 bits per heavy atom. The van der Waals surface area contributed by atoms with Crippen molar-refractivity contribution >= 4 is 50.4 Å². The molecule has 9 heteroatoms. The van der Waals surface area contributed by atoms with Gasteiger partial charge in [0.25, 0.3) is 0 Å². The van der Waals surface area contributed by atoms with Gasteiger partial charge in [-0.15, -0.1) is 0 Å². The first kappa shape index (κ1) is 23.9. The van der Waals surface area contributed by atoms with Gasteiger partial charge in [0.15, 0.2) is 0 Å². The topological polar surface area (TPSA) is 107 Å². The maximum Gasteiger partial charge on any atom is 0.412 e. The van der Waals surface area contributed by atoms with Crippen molar-refractivity contribution in [3.05, 3.63) is 60.3 Å². The van der Waals surface area contributed by atoms with Crippen LogP contribution < -0.4 is 25.4 Å². The van der Waals surface area contributed by atoms with Crippen LogP contribution in [-0.2, 0) is 7.05 Å². The van der Waals surface area contributed by atoms with E-state index in [0.717, 1.165) is 49.4 Å². The number of methoxy groups -OCH3 is 1. The molecule has 0 aliphatic rings. The van der Waals surface area contributed by atoms with E-state index in [9.17, 15) is 9.59 Å². The lowest BCUT2D eigenvalue weighted by molar-refractivity contribution is 0.203. The largest absolute Gasteiger partial charge is 0.496 e. The van der Waals surface area contributed by atoms with E-state index >= 15 is 0 Å². The van der Waals surface area contributed by atoms with Crippen molar-refractivity contribution in [2.75, 3.05) is 26.5 Å². The van der Waals surface area contributed by atoms with E-state index in [1.54, 1.807) is 32.5 Å². The number of hydrogen-bond donors (Lipinski definition) is 3. The Bertz CT molecular complexity index is 1710. The molecule has 0 saturated heterocycles. The molecule has 0 saturated carbocycles. The second kappa shape index (κ2) is 9.34. The summed E-state index contributed by atoms with van der Waals surface area (Å²) in [4.78, 5) is 28.3. The average Bonchev–Trinajstić information content (AvgIpc) is 3.19. The smallest absolute Gasteiger partial charge is 0.412 e. The minimum absolute atomic E-state index is 0.313. The number of hydrogen-bond acceptors (Lipinski definition) is 5. The molecule has 2 aromatic heterocycles. The normalized spacial score (nSPS) is 11.1. The maximum atomic E-state index is 11.8. The van der Waals surface area contributed by atoms with Crippen molar-refractivity contribution in [2.24, 2.45) is 7.05 Å². The first-order chi connectivity index (χ1) is 17.9. The lowest BCUT2D eigenvalue weighted by Gasteiger charge is -2.14. The molecule has 0 radical (unpaired) electrons. The van der Waals surface area contributed by atoms with Crippen LogP contribution in [0.4, 0.5) is 15.3 Å². The van der Waals surface area contributed by atoms with Crippen molar-refractivity contribution in [1.82, 2.24) is 20.2 Å². The fraction of sp³-hybridized carbons (Fsp3) is 0.179. The molecule has 0 bridgehead atoms. The number of benzene rings is 3. The summed E-state index contributed by atoms with van der Waals surface area (Å²) in [5.74, 6) is 1.05. The first-order valence-corrected chi connectivity index (χ1v) is 11.7. The van der Waals surface area contributed by atoms with Crippen LogP contribution in [0.2, 0.25) is 0 Å². The molecule has 0 aliphatic carbocycles. The number of aryl methyl sites for hydroxylation is 2. The lowest BCUT2D eigenvalue weighted by Crippen LogP contribution is -2.24. The Hall–Kier alpha value is -4.79. The number of pyridine rings is 1. The highest BCUT2D eigenvalue weighted by Crippen LogP contribution is 2.41. The number of ether oxygens (including phenoxy) is 2. The molecule has 0 unspecified atom stereocenters. The zero-order valence-electron chi connectivity index (χ0n) is 21.2. The highest BCUT2D eigenvalue weighted by molar-refractivity contribution is 6.16. The summed E-state index contributed by atoms with van der Waals surface area (Å²) in [6.07, 6.45) is 1.28. The zero-order valence-corrected chi connectivity index (χ0v) is 21.2. The number of fused-ring (bicyclic) bond motifs is 4. The molecule has 3 amide bonds. The lowest BCUT2D eigenvalue weighted by atomic mass is 9.97. The molecule has 9 nitrogen and oxygen atoms in total. The number of amides is 3. The van der Waals surface area contributed by atoms with Gasteiger partial charge in [0, 0.05) is 66.3 Å². The molecule has 5 aromatic rings. The van der Waals surface area contributed by atoms with Gasteiger partial charge in [0.05, 0.1) is 18.3 Å². The predicted octanol–water partition coefficient (Wildman–Crippen LogP) is 5.33.